The molecular formula is C23H26N4O4S. The van der Waals surface area contributed by atoms with Gasteiger partial charge in [0.2, 0.25) is 11.8 Å². The van der Waals surface area contributed by atoms with Gasteiger partial charge in [-0.05, 0) is 50.2 Å². The molecule has 1 aliphatic heterocycles. The van der Waals surface area contributed by atoms with Crippen molar-refractivity contribution in [2.24, 2.45) is 5.92 Å². The highest BCUT2D eigenvalue weighted by atomic mass is 32.1. The SMILES string of the molecule is COc1ccc(NC(=O)CN2CCC(C(=O)Nc3nc4ccccc4s3)CC2)cc1OC. The summed E-state index contributed by atoms with van der Waals surface area (Å²) in [6, 6.07) is 13.1. The molecule has 0 unspecified atom stereocenters. The maximum absolute atomic E-state index is 12.7. The highest BCUT2D eigenvalue weighted by molar-refractivity contribution is 7.22. The molecule has 3 aromatic rings. The molecule has 2 amide bonds. The van der Waals surface area contributed by atoms with Gasteiger partial charge in [-0.25, -0.2) is 4.98 Å². The molecule has 9 heteroatoms. The van der Waals surface area contributed by atoms with E-state index in [0.29, 0.717) is 48.2 Å². The van der Waals surface area contributed by atoms with Gasteiger partial charge in [0.05, 0.1) is 31.0 Å². The van der Waals surface area contributed by atoms with Crippen molar-refractivity contribution >= 4 is 44.2 Å². The minimum absolute atomic E-state index is 0.00140. The number of piperidine rings is 1. The number of likely N-dealkylation sites (tertiary alicyclic amines) is 1. The molecule has 0 radical (unpaired) electrons. The number of nitrogens with one attached hydrogen (secondary N) is 2. The second-order valence-electron chi connectivity index (χ2n) is 7.64. The van der Waals surface area contributed by atoms with Crippen molar-refractivity contribution in [2.75, 3.05) is 44.5 Å². The predicted octanol–water partition coefficient (Wildman–Crippen LogP) is 3.60. The molecule has 0 atom stereocenters. The van der Waals surface area contributed by atoms with E-state index in [2.05, 4.69) is 20.5 Å². The Hall–Kier alpha value is -3.17. The lowest BCUT2D eigenvalue weighted by Gasteiger charge is -2.30. The van der Waals surface area contributed by atoms with Gasteiger partial charge in [-0.3, -0.25) is 14.5 Å². The largest absolute Gasteiger partial charge is 0.493 e. The van der Waals surface area contributed by atoms with Crippen LogP contribution in [-0.2, 0) is 9.59 Å². The number of carbonyl (C=O) groups is 2. The number of anilines is 2. The Labute approximate surface area is 190 Å². The van der Waals surface area contributed by atoms with E-state index in [1.54, 1.807) is 32.4 Å². The van der Waals surface area contributed by atoms with Gasteiger partial charge in [0.25, 0.3) is 0 Å². The smallest absolute Gasteiger partial charge is 0.238 e. The van der Waals surface area contributed by atoms with Crippen molar-refractivity contribution in [2.45, 2.75) is 12.8 Å². The number of carbonyl (C=O) groups excluding carboxylic acids is 2. The number of hydrogen-bond donors (Lipinski definition) is 2. The molecule has 2 N–H and O–H groups in total. The Morgan fingerprint density at radius 2 is 1.81 bits per heavy atom. The van der Waals surface area contributed by atoms with Crippen molar-refractivity contribution in [3.63, 3.8) is 0 Å². The zero-order valence-corrected chi connectivity index (χ0v) is 18.9. The molecule has 0 saturated carbocycles. The number of amides is 2. The Bertz CT molecular complexity index is 1080. The van der Waals surface area contributed by atoms with Gasteiger partial charge in [-0.1, -0.05) is 23.5 Å². The summed E-state index contributed by atoms with van der Waals surface area (Å²) in [7, 11) is 3.12. The highest BCUT2D eigenvalue weighted by Gasteiger charge is 2.26. The number of benzene rings is 2. The first-order valence-corrected chi connectivity index (χ1v) is 11.3. The van der Waals surface area contributed by atoms with Crippen LogP contribution < -0.4 is 20.1 Å². The molecule has 0 bridgehead atoms. The molecule has 4 rings (SSSR count). The molecule has 0 aliphatic carbocycles. The first-order valence-electron chi connectivity index (χ1n) is 10.5. The molecule has 2 heterocycles. The zero-order chi connectivity index (χ0) is 22.5. The number of ether oxygens (including phenoxy) is 2. The van der Waals surface area contributed by atoms with Crippen LogP contribution in [0.2, 0.25) is 0 Å². The van der Waals surface area contributed by atoms with Gasteiger partial charge < -0.3 is 20.1 Å². The van der Waals surface area contributed by atoms with Crippen LogP contribution in [0.1, 0.15) is 12.8 Å². The van der Waals surface area contributed by atoms with Crippen molar-refractivity contribution < 1.29 is 19.1 Å². The second-order valence-corrected chi connectivity index (χ2v) is 8.68. The number of hydrogen-bond acceptors (Lipinski definition) is 7. The molecule has 0 spiro atoms. The van der Waals surface area contributed by atoms with Crippen LogP contribution in [0, 0.1) is 5.92 Å². The van der Waals surface area contributed by atoms with E-state index in [-0.39, 0.29) is 24.3 Å². The molecule has 32 heavy (non-hydrogen) atoms. The van der Waals surface area contributed by atoms with Crippen LogP contribution in [0.25, 0.3) is 10.2 Å². The van der Waals surface area contributed by atoms with Gasteiger partial charge in [0, 0.05) is 17.7 Å². The zero-order valence-electron chi connectivity index (χ0n) is 18.1. The third kappa shape index (κ3) is 5.17. The average Bonchev–Trinajstić information content (AvgIpc) is 3.21. The maximum atomic E-state index is 12.7. The van der Waals surface area contributed by atoms with E-state index in [0.717, 1.165) is 10.2 Å². The van der Waals surface area contributed by atoms with E-state index in [1.807, 2.05) is 24.3 Å². The molecule has 1 aliphatic rings. The lowest BCUT2D eigenvalue weighted by molar-refractivity contribution is -0.121. The van der Waals surface area contributed by atoms with Gasteiger partial charge in [0.1, 0.15) is 0 Å². The first kappa shape index (κ1) is 22.0. The van der Waals surface area contributed by atoms with Gasteiger partial charge in [-0.2, -0.15) is 0 Å². The summed E-state index contributed by atoms with van der Waals surface area (Å²) >= 11 is 1.48. The average molecular weight is 455 g/mol. The summed E-state index contributed by atoms with van der Waals surface area (Å²) in [5.41, 5.74) is 1.54. The van der Waals surface area contributed by atoms with Crippen molar-refractivity contribution in [1.82, 2.24) is 9.88 Å². The normalized spacial score (nSPS) is 14.8. The van der Waals surface area contributed by atoms with Crippen LogP contribution in [0.5, 0.6) is 11.5 Å². The number of rotatable bonds is 7. The molecule has 1 fully saturated rings. The summed E-state index contributed by atoms with van der Waals surface area (Å²) in [4.78, 5) is 31.7. The molecule has 2 aromatic carbocycles. The lowest BCUT2D eigenvalue weighted by Crippen LogP contribution is -2.41. The van der Waals surface area contributed by atoms with Gasteiger partial charge in [-0.15, -0.1) is 0 Å². The van der Waals surface area contributed by atoms with Crippen LogP contribution in [0.3, 0.4) is 0 Å². The van der Waals surface area contributed by atoms with Crippen LogP contribution >= 0.6 is 11.3 Å². The minimum atomic E-state index is -0.102. The van der Waals surface area contributed by atoms with Crippen LogP contribution in [-0.4, -0.2) is 55.6 Å². The summed E-state index contributed by atoms with van der Waals surface area (Å²) < 4.78 is 11.5. The van der Waals surface area contributed by atoms with E-state index in [9.17, 15) is 9.59 Å². The summed E-state index contributed by atoms with van der Waals surface area (Å²) in [6.45, 7) is 1.66. The van der Waals surface area contributed by atoms with E-state index in [4.69, 9.17) is 9.47 Å². The third-order valence-electron chi connectivity index (χ3n) is 5.52. The monoisotopic (exact) mass is 454 g/mol. The third-order valence-corrected chi connectivity index (χ3v) is 6.47. The van der Waals surface area contributed by atoms with Gasteiger partial charge >= 0.3 is 0 Å². The highest BCUT2D eigenvalue weighted by Crippen LogP contribution is 2.30. The van der Waals surface area contributed by atoms with Gasteiger partial charge in [0.15, 0.2) is 16.6 Å². The minimum Gasteiger partial charge on any atom is -0.493 e. The number of methoxy groups -OCH3 is 2. The fraction of sp³-hybridized carbons (Fsp3) is 0.348. The standard InChI is InChI=1S/C23H26N4O4S/c1-30-18-8-7-16(13-19(18)31-2)24-21(28)14-27-11-9-15(10-12-27)22(29)26-23-25-17-5-3-4-6-20(17)32-23/h3-8,13,15H,9-12,14H2,1-2H3,(H,24,28)(H,25,26,29). The topological polar surface area (TPSA) is 92.8 Å². The van der Waals surface area contributed by atoms with E-state index in [1.165, 1.54) is 11.3 Å². The summed E-state index contributed by atoms with van der Waals surface area (Å²) in [6.07, 6.45) is 1.42. The Kier molecular flexibility index (Phi) is 6.87. The second kappa shape index (κ2) is 9.97. The Morgan fingerprint density at radius 3 is 2.53 bits per heavy atom. The van der Waals surface area contributed by atoms with E-state index >= 15 is 0 Å². The van der Waals surface area contributed by atoms with Crippen LogP contribution in [0.15, 0.2) is 42.5 Å². The molecule has 168 valence electrons. The van der Waals surface area contributed by atoms with Crippen molar-refractivity contribution in [3.8, 4) is 11.5 Å². The Morgan fingerprint density at radius 1 is 1.06 bits per heavy atom. The fourth-order valence-corrected chi connectivity index (χ4v) is 4.67. The Balaban J connectivity index is 1.25. The molecule has 1 saturated heterocycles. The van der Waals surface area contributed by atoms with E-state index < -0.39 is 0 Å². The number of nitrogens with zero attached hydrogens (tertiary/aromatic N) is 2. The number of fused-ring (bicyclic) bond motifs is 1. The van der Waals surface area contributed by atoms with Crippen LogP contribution in [0.4, 0.5) is 10.8 Å². The summed E-state index contributed by atoms with van der Waals surface area (Å²) in [5.74, 6) is 0.988. The number of thiazole rings is 1. The summed E-state index contributed by atoms with van der Waals surface area (Å²) in [5, 5.41) is 6.48. The van der Waals surface area contributed by atoms with Crippen molar-refractivity contribution in [1.29, 1.82) is 0 Å². The quantitative estimate of drug-likeness (QED) is 0.567. The first-order chi connectivity index (χ1) is 15.6. The number of aromatic nitrogens is 1. The van der Waals surface area contributed by atoms with Crippen molar-refractivity contribution in [3.05, 3.63) is 42.5 Å². The maximum Gasteiger partial charge on any atom is 0.238 e. The predicted molar refractivity (Wildman–Crippen MR) is 126 cm³/mol. The molecule has 8 nitrogen and oxygen atoms in total. The fourth-order valence-electron chi connectivity index (χ4n) is 3.80. The molecule has 1 aromatic heterocycles. The lowest BCUT2D eigenvalue weighted by atomic mass is 9.96. The number of para-hydroxylation sites is 1. The molecular weight excluding hydrogens is 428 g/mol.